The van der Waals surface area contributed by atoms with Gasteiger partial charge in [-0.15, -0.1) is 0 Å². The SMILES string of the molecule is CCn1cncc1CNCC(C)CSC. The molecule has 1 aromatic heterocycles. The highest BCUT2D eigenvalue weighted by Crippen LogP contribution is 2.03. The van der Waals surface area contributed by atoms with Crippen molar-refractivity contribution in [2.75, 3.05) is 18.6 Å². The van der Waals surface area contributed by atoms with Crippen LogP contribution in [0.25, 0.3) is 0 Å². The monoisotopic (exact) mass is 227 g/mol. The number of rotatable bonds is 7. The van der Waals surface area contributed by atoms with E-state index in [1.165, 1.54) is 11.4 Å². The third-order valence-electron chi connectivity index (χ3n) is 2.39. The number of hydrogen-bond donors (Lipinski definition) is 1. The second-order valence-corrected chi connectivity index (χ2v) is 4.77. The van der Waals surface area contributed by atoms with Crippen LogP contribution in [-0.2, 0) is 13.1 Å². The lowest BCUT2D eigenvalue weighted by atomic mass is 10.2. The van der Waals surface area contributed by atoms with E-state index in [0.29, 0.717) is 0 Å². The van der Waals surface area contributed by atoms with Gasteiger partial charge < -0.3 is 9.88 Å². The molecule has 0 radical (unpaired) electrons. The third kappa shape index (κ3) is 4.26. The van der Waals surface area contributed by atoms with Gasteiger partial charge in [0.05, 0.1) is 12.0 Å². The number of aryl methyl sites for hydroxylation is 1. The topological polar surface area (TPSA) is 29.9 Å². The van der Waals surface area contributed by atoms with Gasteiger partial charge in [0.25, 0.3) is 0 Å². The first-order valence-corrected chi connectivity index (χ1v) is 6.86. The molecule has 0 saturated carbocycles. The maximum Gasteiger partial charge on any atom is 0.0948 e. The Bertz CT molecular complexity index is 273. The summed E-state index contributed by atoms with van der Waals surface area (Å²) in [6, 6.07) is 0. The van der Waals surface area contributed by atoms with Crippen LogP contribution in [0.3, 0.4) is 0 Å². The second kappa shape index (κ2) is 6.90. The molecule has 1 aromatic rings. The zero-order valence-electron chi connectivity index (χ0n) is 9.86. The molecular weight excluding hydrogens is 206 g/mol. The zero-order chi connectivity index (χ0) is 11.1. The normalized spacial score (nSPS) is 13.0. The molecule has 1 unspecified atom stereocenters. The number of hydrogen-bond acceptors (Lipinski definition) is 3. The van der Waals surface area contributed by atoms with Crippen LogP contribution in [0.5, 0.6) is 0 Å². The number of nitrogens with zero attached hydrogens (tertiary/aromatic N) is 2. The summed E-state index contributed by atoms with van der Waals surface area (Å²) in [6.07, 6.45) is 5.99. The lowest BCUT2D eigenvalue weighted by Crippen LogP contribution is -2.23. The van der Waals surface area contributed by atoms with E-state index in [-0.39, 0.29) is 0 Å². The molecule has 1 rings (SSSR count). The lowest BCUT2D eigenvalue weighted by Gasteiger charge is -2.11. The van der Waals surface area contributed by atoms with Crippen LogP contribution in [0.15, 0.2) is 12.5 Å². The molecule has 0 aliphatic carbocycles. The first-order chi connectivity index (χ1) is 7.27. The Morgan fingerprint density at radius 1 is 1.60 bits per heavy atom. The maximum atomic E-state index is 4.15. The van der Waals surface area contributed by atoms with E-state index in [9.17, 15) is 0 Å². The minimum atomic E-state index is 0.734. The summed E-state index contributed by atoms with van der Waals surface area (Å²) < 4.78 is 2.17. The van der Waals surface area contributed by atoms with Crippen LogP contribution < -0.4 is 5.32 Å². The van der Waals surface area contributed by atoms with Crippen molar-refractivity contribution in [2.24, 2.45) is 5.92 Å². The van der Waals surface area contributed by atoms with E-state index in [2.05, 4.69) is 35.0 Å². The van der Waals surface area contributed by atoms with Crippen LogP contribution in [0.1, 0.15) is 19.5 Å². The third-order valence-corrected chi connectivity index (χ3v) is 3.29. The summed E-state index contributed by atoms with van der Waals surface area (Å²) in [5.41, 5.74) is 1.27. The summed E-state index contributed by atoms with van der Waals surface area (Å²) in [5.74, 6) is 1.96. The van der Waals surface area contributed by atoms with E-state index in [1.54, 1.807) is 0 Å². The molecule has 1 atom stereocenters. The first-order valence-electron chi connectivity index (χ1n) is 5.46. The molecule has 15 heavy (non-hydrogen) atoms. The van der Waals surface area contributed by atoms with Gasteiger partial charge in [0.15, 0.2) is 0 Å². The van der Waals surface area contributed by atoms with Gasteiger partial charge in [-0.1, -0.05) is 6.92 Å². The number of aromatic nitrogens is 2. The molecule has 0 amide bonds. The van der Waals surface area contributed by atoms with Gasteiger partial charge in [0.2, 0.25) is 0 Å². The van der Waals surface area contributed by atoms with Crippen molar-refractivity contribution in [1.29, 1.82) is 0 Å². The minimum Gasteiger partial charge on any atom is -0.334 e. The molecular formula is C11H21N3S. The predicted octanol–water partition coefficient (Wildman–Crippen LogP) is 1.99. The molecule has 0 aromatic carbocycles. The molecule has 0 bridgehead atoms. The maximum absolute atomic E-state index is 4.15. The summed E-state index contributed by atoms with van der Waals surface area (Å²) in [6.45, 7) is 7.42. The largest absolute Gasteiger partial charge is 0.334 e. The fraction of sp³-hybridized carbons (Fsp3) is 0.727. The standard InChI is InChI=1S/C11H21N3S/c1-4-14-9-13-7-11(14)6-12-5-10(2)8-15-3/h7,9-10,12H,4-6,8H2,1-3H3. The number of nitrogens with one attached hydrogen (secondary N) is 1. The fourth-order valence-electron chi connectivity index (χ4n) is 1.57. The Labute approximate surface area is 96.7 Å². The quantitative estimate of drug-likeness (QED) is 0.772. The number of thioether (sulfide) groups is 1. The van der Waals surface area contributed by atoms with Crippen LogP contribution in [-0.4, -0.2) is 28.1 Å². The van der Waals surface area contributed by atoms with Gasteiger partial charge in [-0.05, 0) is 31.4 Å². The molecule has 86 valence electrons. The molecule has 0 spiro atoms. The van der Waals surface area contributed by atoms with E-state index >= 15 is 0 Å². The van der Waals surface area contributed by atoms with Crippen molar-refractivity contribution in [3.8, 4) is 0 Å². The molecule has 1 heterocycles. The van der Waals surface area contributed by atoms with Crippen LogP contribution in [0.4, 0.5) is 0 Å². The Hall–Kier alpha value is -0.480. The average Bonchev–Trinajstić information content (AvgIpc) is 2.66. The second-order valence-electron chi connectivity index (χ2n) is 3.86. The summed E-state index contributed by atoms with van der Waals surface area (Å²) in [7, 11) is 0. The minimum absolute atomic E-state index is 0.734. The van der Waals surface area contributed by atoms with Crippen molar-refractivity contribution >= 4 is 11.8 Å². The highest BCUT2D eigenvalue weighted by atomic mass is 32.2. The smallest absolute Gasteiger partial charge is 0.0948 e. The Morgan fingerprint density at radius 3 is 3.07 bits per heavy atom. The molecule has 3 nitrogen and oxygen atoms in total. The first kappa shape index (κ1) is 12.6. The zero-order valence-corrected chi connectivity index (χ0v) is 10.7. The average molecular weight is 227 g/mol. The van der Waals surface area contributed by atoms with Crippen molar-refractivity contribution in [2.45, 2.75) is 26.9 Å². The highest BCUT2D eigenvalue weighted by Gasteiger charge is 2.02. The van der Waals surface area contributed by atoms with Gasteiger partial charge in [0.1, 0.15) is 0 Å². The van der Waals surface area contributed by atoms with Gasteiger partial charge in [-0.25, -0.2) is 4.98 Å². The predicted molar refractivity (Wildman–Crippen MR) is 67.2 cm³/mol. The van der Waals surface area contributed by atoms with E-state index in [4.69, 9.17) is 0 Å². The molecule has 0 aliphatic rings. The van der Waals surface area contributed by atoms with Crippen molar-refractivity contribution in [3.05, 3.63) is 18.2 Å². The molecule has 4 heteroatoms. The van der Waals surface area contributed by atoms with E-state index < -0.39 is 0 Å². The Morgan fingerprint density at radius 2 is 2.40 bits per heavy atom. The molecule has 0 saturated heterocycles. The Balaban J connectivity index is 2.25. The highest BCUT2D eigenvalue weighted by molar-refractivity contribution is 7.98. The van der Waals surface area contributed by atoms with E-state index in [0.717, 1.165) is 25.6 Å². The van der Waals surface area contributed by atoms with Crippen LogP contribution in [0, 0.1) is 5.92 Å². The van der Waals surface area contributed by atoms with Crippen LogP contribution >= 0.6 is 11.8 Å². The molecule has 0 aliphatic heterocycles. The van der Waals surface area contributed by atoms with Crippen molar-refractivity contribution in [1.82, 2.24) is 14.9 Å². The summed E-state index contributed by atoms with van der Waals surface area (Å²) >= 11 is 1.91. The van der Waals surface area contributed by atoms with Gasteiger partial charge in [0, 0.05) is 19.3 Å². The van der Waals surface area contributed by atoms with Crippen molar-refractivity contribution < 1.29 is 0 Å². The lowest BCUT2D eigenvalue weighted by molar-refractivity contribution is 0.543. The van der Waals surface area contributed by atoms with Gasteiger partial charge in [-0.3, -0.25) is 0 Å². The van der Waals surface area contributed by atoms with E-state index in [1.807, 2.05) is 24.3 Å². The van der Waals surface area contributed by atoms with Gasteiger partial charge in [-0.2, -0.15) is 11.8 Å². The molecule has 0 fully saturated rings. The fourth-order valence-corrected chi connectivity index (χ4v) is 2.26. The Kier molecular flexibility index (Phi) is 5.79. The van der Waals surface area contributed by atoms with Crippen molar-refractivity contribution in [3.63, 3.8) is 0 Å². The summed E-state index contributed by atoms with van der Waals surface area (Å²) in [5, 5.41) is 3.47. The molecule has 1 N–H and O–H groups in total. The summed E-state index contributed by atoms with van der Waals surface area (Å²) in [4.78, 5) is 4.15. The van der Waals surface area contributed by atoms with Gasteiger partial charge >= 0.3 is 0 Å². The van der Waals surface area contributed by atoms with Crippen LogP contribution in [0.2, 0.25) is 0 Å². The number of imidazole rings is 1.